The van der Waals surface area contributed by atoms with Crippen molar-refractivity contribution in [3.63, 3.8) is 0 Å². The molecule has 1 aliphatic heterocycles. The fraction of sp³-hybridized carbons (Fsp3) is 0.500. The molecule has 0 bridgehead atoms. The topological polar surface area (TPSA) is 54.3 Å². The smallest absolute Gasteiger partial charge is 0.244 e. The van der Waals surface area contributed by atoms with E-state index in [2.05, 4.69) is 45.3 Å². The van der Waals surface area contributed by atoms with Crippen LogP contribution in [0.5, 0.6) is 0 Å². The van der Waals surface area contributed by atoms with Crippen molar-refractivity contribution in [3.8, 4) is 0 Å². The average Bonchev–Trinajstić information content (AvgIpc) is 2.99. The van der Waals surface area contributed by atoms with Crippen LogP contribution >= 0.6 is 0 Å². The van der Waals surface area contributed by atoms with E-state index in [1.54, 1.807) is 11.0 Å². The number of hydrogen-bond donors (Lipinski definition) is 0. The zero-order valence-corrected chi connectivity index (χ0v) is 14.0. The van der Waals surface area contributed by atoms with Gasteiger partial charge in [-0.25, -0.2) is 9.67 Å². The molecule has 1 aromatic heterocycles. The molecule has 2 heterocycles. The second kappa shape index (κ2) is 8.59. The third-order valence-electron chi connectivity index (χ3n) is 4.49. The van der Waals surface area contributed by atoms with E-state index >= 15 is 0 Å². The first-order valence-electron chi connectivity index (χ1n) is 8.68. The molecule has 6 heteroatoms. The average molecular weight is 327 g/mol. The summed E-state index contributed by atoms with van der Waals surface area (Å²) in [5.74, 6) is 0.131. The lowest BCUT2D eigenvalue weighted by molar-refractivity contribution is -0.131. The molecule has 0 aliphatic carbocycles. The molecule has 1 fully saturated rings. The van der Waals surface area contributed by atoms with Crippen LogP contribution in [-0.4, -0.2) is 63.2 Å². The summed E-state index contributed by atoms with van der Waals surface area (Å²) in [6.07, 6.45) is 6.37. The third kappa shape index (κ3) is 4.89. The number of aromatic nitrogens is 3. The molecular formula is C18H25N5O. The summed E-state index contributed by atoms with van der Waals surface area (Å²) in [4.78, 5) is 20.7. The van der Waals surface area contributed by atoms with Crippen molar-refractivity contribution in [3.05, 3.63) is 48.5 Å². The second-order valence-electron chi connectivity index (χ2n) is 6.26. The van der Waals surface area contributed by atoms with Crippen LogP contribution in [0.3, 0.4) is 0 Å². The maximum atomic E-state index is 12.3. The summed E-state index contributed by atoms with van der Waals surface area (Å²) in [7, 11) is 0. The third-order valence-corrected chi connectivity index (χ3v) is 4.49. The van der Waals surface area contributed by atoms with Gasteiger partial charge in [0.05, 0.1) is 0 Å². The van der Waals surface area contributed by atoms with Gasteiger partial charge in [0.25, 0.3) is 0 Å². The van der Waals surface area contributed by atoms with E-state index in [-0.39, 0.29) is 12.5 Å². The van der Waals surface area contributed by atoms with Crippen LogP contribution in [0.15, 0.2) is 43.0 Å². The number of hydrogen-bond acceptors (Lipinski definition) is 4. The first kappa shape index (κ1) is 16.6. The van der Waals surface area contributed by atoms with Crippen molar-refractivity contribution in [2.24, 2.45) is 0 Å². The van der Waals surface area contributed by atoms with E-state index in [9.17, 15) is 4.79 Å². The molecule has 0 saturated carbocycles. The second-order valence-corrected chi connectivity index (χ2v) is 6.26. The van der Waals surface area contributed by atoms with Gasteiger partial charge in [-0.3, -0.25) is 4.79 Å². The maximum absolute atomic E-state index is 12.3. The van der Waals surface area contributed by atoms with Gasteiger partial charge in [0.15, 0.2) is 0 Å². The van der Waals surface area contributed by atoms with Gasteiger partial charge in [-0.1, -0.05) is 30.3 Å². The predicted molar refractivity (Wildman–Crippen MR) is 92.4 cm³/mol. The van der Waals surface area contributed by atoms with Crippen LogP contribution in [0.4, 0.5) is 0 Å². The number of carbonyl (C=O) groups excluding carboxylic acids is 1. The molecule has 1 aromatic carbocycles. The fourth-order valence-electron chi connectivity index (χ4n) is 3.15. The number of nitrogens with zero attached hydrogens (tertiary/aromatic N) is 5. The molecule has 0 atom stereocenters. The SMILES string of the molecule is O=C(Cn1cncn1)N1CCCN(CCCc2ccccc2)CC1. The van der Waals surface area contributed by atoms with Crippen LogP contribution in [0.25, 0.3) is 0 Å². The summed E-state index contributed by atoms with van der Waals surface area (Å²) in [6, 6.07) is 10.6. The number of amides is 1. The van der Waals surface area contributed by atoms with Crippen molar-refractivity contribution in [2.45, 2.75) is 25.8 Å². The Balaban J connectivity index is 1.40. The zero-order chi connectivity index (χ0) is 16.6. The molecule has 1 saturated heterocycles. The fourth-order valence-corrected chi connectivity index (χ4v) is 3.15. The van der Waals surface area contributed by atoms with Crippen LogP contribution in [-0.2, 0) is 17.8 Å². The first-order chi connectivity index (χ1) is 11.8. The monoisotopic (exact) mass is 327 g/mol. The lowest BCUT2D eigenvalue weighted by Gasteiger charge is -2.22. The largest absolute Gasteiger partial charge is 0.340 e. The van der Waals surface area contributed by atoms with Gasteiger partial charge >= 0.3 is 0 Å². The summed E-state index contributed by atoms with van der Waals surface area (Å²) in [6.45, 7) is 5.05. The summed E-state index contributed by atoms with van der Waals surface area (Å²) >= 11 is 0. The Hall–Kier alpha value is -2.21. The van der Waals surface area contributed by atoms with E-state index in [0.29, 0.717) is 0 Å². The van der Waals surface area contributed by atoms with E-state index in [1.165, 1.54) is 11.9 Å². The van der Waals surface area contributed by atoms with E-state index in [4.69, 9.17) is 0 Å². The molecule has 1 amide bonds. The molecule has 0 N–H and O–H groups in total. The Bertz CT molecular complexity index is 614. The molecule has 0 radical (unpaired) electrons. The highest BCUT2D eigenvalue weighted by Crippen LogP contribution is 2.08. The van der Waals surface area contributed by atoms with E-state index < -0.39 is 0 Å². The summed E-state index contributed by atoms with van der Waals surface area (Å²) < 4.78 is 1.59. The molecule has 0 unspecified atom stereocenters. The van der Waals surface area contributed by atoms with Gasteiger partial charge in [0, 0.05) is 19.6 Å². The Kier molecular flexibility index (Phi) is 5.96. The number of carbonyl (C=O) groups is 1. The van der Waals surface area contributed by atoms with E-state index in [0.717, 1.165) is 52.0 Å². The van der Waals surface area contributed by atoms with Gasteiger partial charge in [0.1, 0.15) is 19.2 Å². The lowest BCUT2D eigenvalue weighted by atomic mass is 10.1. The molecule has 6 nitrogen and oxygen atoms in total. The standard InChI is InChI=1S/C18H25N5O/c24-18(14-23-16-19-15-20-23)22-11-5-10-21(12-13-22)9-4-8-17-6-2-1-3-7-17/h1-3,6-7,15-16H,4-5,8-14H2. The molecular weight excluding hydrogens is 302 g/mol. The molecule has 2 aromatic rings. The Labute approximate surface area is 143 Å². The van der Waals surface area contributed by atoms with Crippen LogP contribution in [0.2, 0.25) is 0 Å². The highest BCUT2D eigenvalue weighted by Gasteiger charge is 2.19. The van der Waals surface area contributed by atoms with Gasteiger partial charge in [0.2, 0.25) is 5.91 Å². The molecule has 128 valence electrons. The first-order valence-corrected chi connectivity index (χ1v) is 8.68. The van der Waals surface area contributed by atoms with Crippen molar-refractivity contribution in [1.29, 1.82) is 0 Å². The normalized spacial score (nSPS) is 16.1. The lowest BCUT2D eigenvalue weighted by Crippen LogP contribution is -2.37. The van der Waals surface area contributed by atoms with Gasteiger partial charge < -0.3 is 9.80 Å². The molecule has 24 heavy (non-hydrogen) atoms. The van der Waals surface area contributed by atoms with Crippen LogP contribution in [0, 0.1) is 0 Å². The van der Waals surface area contributed by atoms with E-state index in [1.807, 2.05) is 4.90 Å². The minimum absolute atomic E-state index is 0.131. The van der Waals surface area contributed by atoms with Crippen LogP contribution < -0.4 is 0 Å². The van der Waals surface area contributed by atoms with Crippen molar-refractivity contribution in [1.82, 2.24) is 24.6 Å². The van der Waals surface area contributed by atoms with Crippen molar-refractivity contribution in [2.75, 3.05) is 32.7 Å². The molecule has 1 aliphatic rings. The van der Waals surface area contributed by atoms with Gasteiger partial charge in [-0.05, 0) is 37.9 Å². The predicted octanol–water partition coefficient (Wildman–Crippen LogP) is 1.45. The maximum Gasteiger partial charge on any atom is 0.244 e. The number of benzene rings is 1. The van der Waals surface area contributed by atoms with Gasteiger partial charge in [-0.2, -0.15) is 5.10 Å². The van der Waals surface area contributed by atoms with Crippen molar-refractivity contribution < 1.29 is 4.79 Å². The molecule has 3 rings (SSSR count). The zero-order valence-electron chi connectivity index (χ0n) is 14.0. The number of rotatable bonds is 6. The summed E-state index contributed by atoms with van der Waals surface area (Å²) in [5.41, 5.74) is 1.40. The Morgan fingerprint density at radius 1 is 1.08 bits per heavy atom. The highest BCUT2D eigenvalue weighted by molar-refractivity contribution is 5.75. The van der Waals surface area contributed by atoms with Gasteiger partial charge in [-0.15, -0.1) is 0 Å². The number of aryl methyl sites for hydroxylation is 1. The highest BCUT2D eigenvalue weighted by atomic mass is 16.2. The minimum atomic E-state index is 0.131. The summed E-state index contributed by atoms with van der Waals surface area (Å²) in [5, 5.41) is 4.01. The minimum Gasteiger partial charge on any atom is -0.340 e. The van der Waals surface area contributed by atoms with Crippen LogP contribution in [0.1, 0.15) is 18.4 Å². The Morgan fingerprint density at radius 3 is 2.75 bits per heavy atom. The molecule has 0 spiro atoms. The van der Waals surface area contributed by atoms with Crippen molar-refractivity contribution >= 4 is 5.91 Å². The quantitative estimate of drug-likeness (QED) is 0.806. The Morgan fingerprint density at radius 2 is 1.96 bits per heavy atom.